The summed E-state index contributed by atoms with van der Waals surface area (Å²) in [6, 6.07) is 0.0719. The first-order chi connectivity index (χ1) is 12.0. The van der Waals surface area contributed by atoms with Crippen LogP contribution in [0.2, 0.25) is 0 Å². The zero-order chi connectivity index (χ0) is 18.4. The third-order valence-corrected chi connectivity index (χ3v) is 5.29. The molecule has 1 fully saturated rings. The molecule has 0 bridgehead atoms. The first kappa shape index (κ1) is 19.7. The zero-order valence-corrected chi connectivity index (χ0v) is 16.9. The summed E-state index contributed by atoms with van der Waals surface area (Å²) in [5, 5.41) is 0.980. The van der Waals surface area contributed by atoms with Gasteiger partial charge in [0.05, 0.1) is 19.0 Å². The van der Waals surface area contributed by atoms with Gasteiger partial charge < -0.3 is 4.90 Å². The Bertz CT molecular complexity index is 646. The topological polar surface area (TPSA) is 39.7 Å². The van der Waals surface area contributed by atoms with E-state index in [0.29, 0.717) is 19.9 Å². The summed E-state index contributed by atoms with van der Waals surface area (Å²) in [6.07, 6.45) is 8.40. The van der Waals surface area contributed by atoms with Gasteiger partial charge in [0.1, 0.15) is 5.00 Å². The van der Waals surface area contributed by atoms with E-state index < -0.39 is 0 Å². The highest BCUT2D eigenvalue weighted by Gasteiger charge is 2.32. The molecule has 0 unspecified atom stereocenters. The summed E-state index contributed by atoms with van der Waals surface area (Å²) in [4.78, 5) is 19.1. The monoisotopic (exact) mass is 362 g/mol. The minimum Gasteiger partial charge on any atom is -0.308 e. The Morgan fingerprint density at radius 3 is 2.56 bits per heavy atom. The Kier molecular flexibility index (Phi) is 7.20. The number of rotatable bonds is 7. The van der Waals surface area contributed by atoms with E-state index in [1.54, 1.807) is 0 Å². The van der Waals surface area contributed by atoms with Crippen LogP contribution in [0, 0.1) is 6.92 Å². The molecule has 0 aromatic carbocycles. The van der Waals surface area contributed by atoms with Gasteiger partial charge >= 0.3 is 6.03 Å². The smallest absolute Gasteiger partial charge is 0.308 e. The van der Waals surface area contributed by atoms with E-state index in [1.165, 1.54) is 17.1 Å². The Morgan fingerprint density at radius 2 is 1.96 bits per heavy atom. The number of carbonyl (C=O) groups is 1. The molecule has 1 aromatic rings. The summed E-state index contributed by atoms with van der Waals surface area (Å²) in [7, 11) is 0. The number of urea groups is 1. The molecule has 2 amide bonds. The number of aromatic nitrogens is 1. The maximum atomic E-state index is 13.0. The average molecular weight is 363 g/mol. The van der Waals surface area contributed by atoms with Gasteiger partial charge in [-0.05, 0) is 45.1 Å². The number of amides is 2. The average Bonchev–Trinajstić information content (AvgIpc) is 2.95. The van der Waals surface area contributed by atoms with E-state index in [4.69, 9.17) is 0 Å². The standard InChI is InChI=1S/C19H30N4OS/c1-6-8-9-11-21-13-22(12-10-15(3)4)19(24)23(14-21)18-16(5)17(7-2)20-25-18/h8-10H,6-7,11-14H2,1-5H3. The lowest BCUT2D eigenvalue weighted by molar-refractivity contribution is 0.131. The maximum Gasteiger partial charge on any atom is 0.327 e. The van der Waals surface area contributed by atoms with Crippen molar-refractivity contribution >= 4 is 22.6 Å². The largest absolute Gasteiger partial charge is 0.327 e. The van der Waals surface area contributed by atoms with Gasteiger partial charge in [-0.2, -0.15) is 4.37 Å². The van der Waals surface area contributed by atoms with Gasteiger partial charge in [-0.25, -0.2) is 4.79 Å². The van der Waals surface area contributed by atoms with Crippen molar-refractivity contribution in [1.29, 1.82) is 0 Å². The van der Waals surface area contributed by atoms with E-state index in [9.17, 15) is 4.79 Å². The quantitative estimate of drug-likeness (QED) is 0.675. The fraction of sp³-hybridized carbons (Fsp3) is 0.579. The molecule has 25 heavy (non-hydrogen) atoms. The van der Waals surface area contributed by atoms with Crippen molar-refractivity contribution in [3.8, 4) is 0 Å². The molecule has 2 rings (SSSR count). The number of hydrogen-bond acceptors (Lipinski definition) is 4. The summed E-state index contributed by atoms with van der Waals surface area (Å²) in [5.74, 6) is 0. The van der Waals surface area contributed by atoms with Crippen LogP contribution >= 0.6 is 11.5 Å². The molecule has 2 heterocycles. The molecule has 0 saturated carbocycles. The highest BCUT2D eigenvalue weighted by atomic mass is 32.1. The minimum atomic E-state index is 0.0719. The molecule has 0 spiro atoms. The van der Waals surface area contributed by atoms with Crippen molar-refractivity contribution in [3.05, 3.63) is 35.1 Å². The lowest BCUT2D eigenvalue weighted by Gasteiger charge is -2.41. The van der Waals surface area contributed by atoms with Crippen LogP contribution in [0.15, 0.2) is 23.8 Å². The second-order valence-electron chi connectivity index (χ2n) is 6.64. The molecule has 0 atom stereocenters. The van der Waals surface area contributed by atoms with E-state index in [0.717, 1.165) is 35.6 Å². The number of anilines is 1. The molecule has 1 aliphatic rings. The lowest BCUT2D eigenvalue weighted by atomic mass is 10.2. The third-order valence-electron chi connectivity index (χ3n) is 4.28. The Balaban J connectivity index is 2.25. The SMILES string of the molecule is CCC=CCN1CN(CC=C(C)C)C(=O)N(c2snc(CC)c2C)C1. The van der Waals surface area contributed by atoms with Crippen LogP contribution in [0.4, 0.5) is 9.80 Å². The van der Waals surface area contributed by atoms with Gasteiger partial charge in [0, 0.05) is 18.7 Å². The molecule has 1 aromatic heterocycles. The molecule has 6 heteroatoms. The lowest BCUT2D eigenvalue weighted by Crippen LogP contribution is -2.58. The van der Waals surface area contributed by atoms with Gasteiger partial charge in [-0.3, -0.25) is 9.80 Å². The summed E-state index contributed by atoms with van der Waals surface area (Å²) in [5.41, 5.74) is 3.45. The van der Waals surface area contributed by atoms with Gasteiger partial charge in [0.25, 0.3) is 0 Å². The minimum absolute atomic E-state index is 0.0719. The Hall–Kier alpha value is -1.66. The Morgan fingerprint density at radius 1 is 1.20 bits per heavy atom. The number of hydrogen-bond donors (Lipinski definition) is 0. The van der Waals surface area contributed by atoms with Crippen molar-refractivity contribution in [2.75, 3.05) is 31.3 Å². The molecule has 1 saturated heterocycles. The second-order valence-corrected chi connectivity index (χ2v) is 7.40. The molecule has 5 nitrogen and oxygen atoms in total. The van der Waals surface area contributed by atoms with Crippen LogP contribution in [0.1, 0.15) is 45.4 Å². The number of allylic oxidation sites excluding steroid dienone is 2. The third kappa shape index (κ3) is 4.92. The van der Waals surface area contributed by atoms with Crippen molar-refractivity contribution in [2.24, 2.45) is 0 Å². The van der Waals surface area contributed by atoms with E-state index in [-0.39, 0.29) is 6.03 Å². The Labute approximate surface area is 155 Å². The van der Waals surface area contributed by atoms with Crippen molar-refractivity contribution < 1.29 is 4.79 Å². The van der Waals surface area contributed by atoms with Crippen molar-refractivity contribution in [3.63, 3.8) is 0 Å². The molecule has 138 valence electrons. The zero-order valence-electron chi connectivity index (χ0n) is 16.1. The molecular weight excluding hydrogens is 332 g/mol. The summed E-state index contributed by atoms with van der Waals surface area (Å²) >= 11 is 1.44. The summed E-state index contributed by atoms with van der Waals surface area (Å²) < 4.78 is 4.53. The van der Waals surface area contributed by atoms with Crippen LogP contribution in [0.3, 0.4) is 0 Å². The number of aryl methyl sites for hydroxylation is 1. The maximum absolute atomic E-state index is 13.0. The van der Waals surface area contributed by atoms with Crippen LogP contribution in [0.25, 0.3) is 0 Å². The first-order valence-electron chi connectivity index (χ1n) is 9.00. The fourth-order valence-electron chi connectivity index (χ4n) is 2.80. The molecule has 0 radical (unpaired) electrons. The predicted octanol–water partition coefficient (Wildman–Crippen LogP) is 4.41. The number of nitrogens with zero attached hydrogens (tertiary/aromatic N) is 4. The fourth-order valence-corrected chi connectivity index (χ4v) is 3.76. The van der Waals surface area contributed by atoms with Crippen LogP contribution in [-0.4, -0.2) is 46.6 Å². The van der Waals surface area contributed by atoms with Gasteiger partial charge in [-0.15, -0.1) is 0 Å². The van der Waals surface area contributed by atoms with Crippen LogP contribution in [0.5, 0.6) is 0 Å². The predicted molar refractivity (Wildman–Crippen MR) is 106 cm³/mol. The normalized spacial score (nSPS) is 16.1. The van der Waals surface area contributed by atoms with Crippen LogP contribution in [-0.2, 0) is 6.42 Å². The highest BCUT2D eigenvalue weighted by molar-refractivity contribution is 7.10. The molecule has 0 aliphatic carbocycles. The summed E-state index contributed by atoms with van der Waals surface area (Å²) in [6.45, 7) is 13.2. The van der Waals surface area contributed by atoms with Crippen molar-refractivity contribution in [1.82, 2.24) is 14.2 Å². The van der Waals surface area contributed by atoms with Gasteiger partial charge in [-0.1, -0.05) is 37.6 Å². The van der Waals surface area contributed by atoms with Gasteiger partial charge in [0.15, 0.2) is 0 Å². The molecule has 1 aliphatic heterocycles. The molecular formula is C19H30N4OS. The highest BCUT2D eigenvalue weighted by Crippen LogP contribution is 2.31. The van der Waals surface area contributed by atoms with Crippen molar-refractivity contribution in [2.45, 2.75) is 47.5 Å². The van der Waals surface area contributed by atoms with E-state index >= 15 is 0 Å². The second kappa shape index (κ2) is 9.15. The van der Waals surface area contributed by atoms with E-state index in [1.807, 2.05) is 9.80 Å². The number of carbonyl (C=O) groups excluding carboxylic acids is 1. The van der Waals surface area contributed by atoms with Crippen LogP contribution < -0.4 is 4.90 Å². The first-order valence-corrected chi connectivity index (χ1v) is 9.77. The van der Waals surface area contributed by atoms with Gasteiger partial charge in [0.2, 0.25) is 0 Å². The van der Waals surface area contributed by atoms with E-state index in [2.05, 4.69) is 62.1 Å². The molecule has 0 N–H and O–H groups in total.